The van der Waals surface area contributed by atoms with Crippen molar-refractivity contribution < 1.29 is 89.4 Å². The monoisotopic (exact) mass is 1220 g/mol. The molecule has 0 aromatic rings. The summed E-state index contributed by atoms with van der Waals surface area (Å²) in [5.41, 5.74) is 0. The largest absolute Gasteiger partial charge is 0.394 e. The van der Waals surface area contributed by atoms with Gasteiger partial charge in [0.05, 0.1) is 38.6 Å². The fourth-order valence-electron chi connectivity index (χ4n) is 10.9. The van der Waals surface area contributed by atoms with Gasteiger partial charge in [-0.2, -0.15) is 0 Å². The van der Waals surface area contributed by atoms with Crippen molar-refractivity contribution in [1.29, 1.82) is 0 Å². The first-order valence-electron chi connectivity index (χ1n) is 33.2. The summed E-state index contributed by atoms with van der Waals surface area (Å²) in [5, 5.41) is 121. The molecule has 0 aliphatic carbocycles. The third-order valence-corrected chi connectivity index (χ3v) is 16.3. The molecular formula is C67H117NO18. The number of allylic oxidation sites excluding steroid dienone is 12. The number of carbonyl (C=O) groups is 1. The lowest BCUT2D eigenvalue weighted by atomic mass is 9.96. The molecule has 3 heterocycles. The molecule has 0 bridgehead atoms. The molecule has 86 heavy (non-hydrogen) atoms. The molecule has 0 radical (unpaired) electrons. The Balaban J connectivity index is 1.48. The lowest BCUT2D eigenvalue weighted by Crippen LogP contribution is -2.66. The van der Waals surface area contributed by atoms with Crippen LogP contribution in [0, 0.1) is 0 Å². The first kappa shape index (κ1) is 77.5. The van der Waals surface area contributed by atoms with Gasteiger partial charge in [-0.1, -0.05) is 215 Å². The highest BCUT2D eigenvalue weighted by atomic mass is 16.8. The van der Waals surface area contributed by atoms with E-state index in [2.05, 4.69) is 92.1 Å². The smallest absolute Gasteiger partial charge is 0.220 e. The maximum absolute atomic E-state index is 13.4. The van der Waals surface area contributed by atoms with E-state index >= 15 is 0 Å². The van der Waals surface area contributed by atoms with Crippen molar-refractivity contribution in [1.82, 2.24) is 5.32 Å². The molecule has 3 aliphatic heterocycles. The van der Waals surface area contributed by atoms with Crippen LogP contribution in [0.25, 0.3) is 0 Å². The van der Waals surface area contributed by atoms with Crippen LogP contribution in [0.3, 0.4) is 0 Å². The van der Waals surface area contributed by atoms with Crippen molar-refractivity contribution in [2.24, 2.45) is 0 Å². The van der Waals surface area contributed by atoms with Crippen LogP contribution in [0.2, 0.25) is 0 Å². The minimum atomic E-state index is -1.98. The van der Waals surface area contributed by atoms with E-state index in [4.69, 9.17) is 28.4 Å². The maximum Gasteiger partial charge on any atom is 0.220 e. The molecule has 0 aromatic heterocycles. The summed E-state index contributed by atoms with van der Waals surface area (Å²) in [6, 6.07) is -0.915. The SMILES string of the molecule is CC/C=C\C/C=C\C/C=C\C/C=C\C/C=C\C/C=C\CCCCC(=O)NC(COC1OC(CO)C(OC2OC(CO)C(OC3OC(CO)C(O)C(O)C3O)C(O)C2O)C(O)C1O)C(O)CCCCCCCCCCCCCCCCCCCCCC. The highest BCUT2D eigenvalue weighted by Crippen LogP contribution is 2.33. The van der Waals surface area contributed by atoms with Gasteiger partial charge in [0, 0.05) is 6.42 Å². The first-order valence-corrected chi connectivity index (χ1v) is 33.2. The number of carbonyl (C=O) groups excluding carboxylic acids is 1. The number of aliphatic hydroxyl groups excluding tert-OH is 11. The topological polar surface area (TPSA) is 307 Å². The fraction of sp³-hybridized carbons (Fsp3) is 0.806. The Hall–Kier alpha value is -2.77. The predicted molar refractivity (Wildman–Crippen MR) is 332 cm³/mol. The van der Waals surface area contributed by atoms with Crippen molar-refractivity contribution in [3.63, 3.8) is 0 Å². The molecule has 12 N–H and O–H groups in total. The van der Waals surface area contributed by atoms with Crippen molar-refractivity contribution in [2.45, 2.75) is 317 Å². The van der Waals surface area contributed by atoms with Crippen LogP contribution in [0.15, 0.2) is 72.9 Å². The third-order valence-electron chi connectivity index (χ3n) is 16.3. The van der Waals surface area contributed by atoms with Gasteiger partial charge in [-0.3, -0.25) is 4.79 Å². The minimum absolute atomic E-state index is 0.208. The van der Waals surface area contributed by atoms with Gasteiger partial charge in [0.15, 0.2) is 18.9 Å². The van der Waals surface area contributed by atoms with Crippen molar-refractivity contribution in [3.8, 4) is 0 Å². The van der Waals surface area contributed by atoms with Crippen LogP contribution in [0.4, 0.5) is 0 Å². The predicted octanol–water partition coefficient (Wildman–Crippen LogP) is 7.77. The number of rotatable bonds is 49. The van der Waals surface area contributed by atoms with E-state index < -0.39 is 124 Å². The minimum Gasteiger partial charge on any atom is -0.394 e. The summed E-state index contributed by atoms with van der Waals surface area (Å²) in [6.45, 7) is 1.65. The summed E-state index contributed by atoms with van der Waals surface area (Å²) in [4.78, 5) is 13.4. The van der Waals surface area contributed by atoms with E-state index in [0.717, 1.165) is 70.6 Å². The fourth-order valence-corrected chi connectivity index (χ4v) is 10.9. The van der Waals surface area contributed by atoms with E-state index in [1.807, 2.05) is 0 Å². The van der Waals surface area contributed by atoms with Crippen LogP contribution in [0.5, 0.6) is 0 Å². The molecular weight excluding hydrogens is 1110 g/mol. The summed E-state index contributed by atoms with van der Waals surface area (Å²) in [7, 11) is 0. The zero-order chi connectivity index (χ0) is 62.6. The van der Waals surface area contributed by atoms with E-state index in [1.54, 1.807) is 0 Å². The Morgan fingerprint density at radius 3 is 1.23 bits per heavy atom. The number of hydrogen-bond donors (Lipinski definition) is 12. The van der Waals surface area contributed by atoms with Gasteiger partial charge in [0.2, 0.25) is 5.91 Å². The molecule has 0 spiro atoms. The zero-order valence-electron chi connectivity index (χ0n) is 52.3. The molecule has 3 fully saturated rings. The Bertz CT molecular complexity index is 1850. The first-order chi connectivity index (χ1) is 41.8. The molecule has 17 unspecified atom stereocenters. The van der Waals surface area contributed by atoms with Gasteiger partial charge in [0.1, 0.15) is 73.2 Å². The number of amides is 1. The number of unbranched alkanes of at least 4 members (excludes halogenated alkanes) is 21. The van der Waals surface area contributed by atoms with Crippen LogP contribution >= 0.6 is 0 Å². The molecule has 3 rings (SSSR count). The average Bonchev–Trinajstić information content (AvgIpc) is 2.21. The Morgan fingerprint density at radius 1 is 0.430 bits per heavy atom. The maximum atomic E-state index is 13.4. The van der Waals surface area contributed by atoms with Crippen LogP contribution in [-0.4, -0.2) is 193 Å². The Labute approximate surface area is 515 Å². The van der Waals surface area contributed by atoms with Gasteiger partial charge in [-0.25, -0.2) is 0 Å². The quantitative estimate of drug-likeness (QED) is 0.0204. The zero-order valence-corrected chi connectivity index (χ0v) is 52.3. The summed E-state index contributed by atoms with van der Waals surface area (Å²) < 4.78 is 34.4. The number of hydrogen-bond acceptors (Lipinski definition) is 18. The molecule has 19 heteroatoms. The standard InChI is InChI=1S/C67H117NO18/c1-3-5-7-9-11-13-15-17-19-21-23-25-27-29-31-33-35-37-39-41-43-45-55(73)68-50(51(72)44-42-40-38-36-34-32-30-28-26-24-22-20-18-16-14-12-10-8-6-4-2)49-81-65-61(79)58(76)63(53(47-70)83-65)86-67-62(80)59(77)64(54(48-71)84-67)85-66-60(78)57(75)56(74)52(46-69)82-66/h5,7,11,13,17,19,23,25,29,31,35,37,50-54,56-67,69-72,74-80H,3-4,6,8-10,12,14-16,18,20-22,24,26-28,30,32-34,36,38-49H2,1-2H3,(H,68,73)/b7-5-,13-11-,19-17-,25-23-,31-29-,37-35-. The third kappa shape index (κ3) is 31.3. The molecule has 498 valence electrons. The molecule has 19 nitrogen and oxygen atoms in total. The average molecular weight is 1220 g/mol. The van der Waals surface area contributed by atoms with E-state index in [0.29, 0.717) is 19.3 Å². The van der Waals surface area contributed by atoms with Gasteiger partial charge in [-0.15, -0.1) is 0 Å². The molecule has 0 saturated carbocycles. The molecule has 0 aromatic carbocycles. The number of nitrogens with one attached hydrogen (secondary N) is 1. The van der Waals surface area contributed by atoms with Gasteiger partial charge >= 0.3 is 0 Å². The normalized spacial score (nSPS) is 29.2. The van der Waals surface area contributed by atoms with Gasteiger partial charge in [0.25, 0.3) is 0 Å². The second kappa shape index (κ2) is 49.0. The lowest BCUT2D eigenvalue weighted by molar-refractivity contribution is -0.379. The molecule has 1 amide bonds. The second-order valence-corrected chi connectivity index (χ2v) is 23.6. The van der Waals surface area contributed by atoms with Crippen molar-refractivity contribution >= 4 is 5.91 Å². The van der Waals surface area contributed by atoms with Gasteiger partial charge in [-0.05, 0) is 64.2 Å². The molecule has 3 aliphatic rings. The number of aliphatic hydroxyl groups is 11. The summed E-state index contributed by atoms with van der Waals surface area (Å²) >= 11 is 0. The highest BCUT2D eigenvalue weighted by molar-refractivity contribution is 5.76. The van der Waals surface area contributed by atoms with Crippen molar-refractivity contribution in [2.75, 3.05) is 26.4 Å². The van der Waals surface area contributed by atoms with Crippen molar-refractivity contribution in [3.05, 3.63) is 72.9 Å². The highest BCUT2D eigenvalue weighted by Gasteiger charge is 2.53. The van der Waals surface area contributed by atoms with E-state index in [-0.39, 0.29) is 18.9 Å². The lowest BCUT2D eigenvalue weighted by Gasteiger charge is -2.48. The Morgan fingerprint density at radius 2 is 0.802 bits per heavy atom. The molecule has 17 atom stereocenters. The summed E-state index contributed by atoms with van der Waals surface area (Å²) in [5.74, 6) is -0.286. The van der Waals surface area contributed by atoms with Crippen LogP contribution < -0.4 is 5.32 Å². The van der Waals surface area contributed by atoms with Crippen LogP contribution in [-0.2, 0) is 33.2 Å². The van der Waals surface area contributed by atoms with Crippen LogP contribution in [0.1, 0.15) is 213 Å². The van der Waals surface area contributed by atoms with Gasteiger partial charge < -0.3 is 89.9 Å². The number of ether oxygens (including phenoxy) is 6. The van der Waals surface area contributed by atoms with E-state index in [1.165, 1.54) is 103 Å². The Kier molecular flexibility index (Phi) is 44.1. The van der Waals surface area contributed by atoms with E-state index in [9.17, 15) is 61.0 Å². The molecule has 3 saturated heterocycles. The second-order valence-electron chi connectivity index (χ2n) is 23.6. The summed E-state index contributed by atoms with van der Waals surface area (Å²) in [6.07, 6.45) is 32.6.